The second-order valence-corrected chi connectivity index (χ2v) is 6.14. The Kier molecular flexibility index (Phi) is 4.71. The molecule has 0 saturated heterocycles. The van der Waals surface area contributed by atoms with Gasteiger partial charge in [0.05, 0.1) is 5.69 Å². The van der Waals surface area contributed by atoms with Crippen LogP contribution in [0.5, 0.6) is 5.75 Å². The van der Waals surface area contributed by atoms with E-state index in [9.17, 15) is 13.6 Å². The number of hydrogen-bond donors (Lipinski definition) is 1. The Morgan fingerprint density at radius 2 is 2.08 bits per heavy atom. The molecule has 0 aliphatic heterocycles. The Labute approximate surface area is 146 Å². The molecule has 2 heterocycles. The lowest BCUT2D eigenvalue weighted by atomic mass is 10.1. The molecule has 0 aliphatic carbocycles. The van der Waals surface area contributed by atoms with Crippen LogP contribution in [-0.4, -0.2) is 15.9 Å². The summed E-state index contributed by atoms with van der Waals surface area (Å²) in [5, 5.41) is 2.43. The van der Waals surface area contributed by atoms with Gasteiger partial charge in [-0.15, -0.1) is 11.3 Å². The predicted octanol–water partition coefficient (Wildman–Crippen LogP) is 3.47. The minimum absolute atomic E-state index is 0.0231. The van der Waals surface area contributed by atoms with Gasteiger partial charge in [0, 0.05) is 22.8 Å². The number of nitrogens with zero attached hydrogens (tertiary/aromatic N) is 2. The van der Waals surface area contributed by atoms with Gasteiger partial charge in [0.2, 0.25) is 0 Å². The number of aryl methyl sites for hydroxylation is 1. The van der Waals surface area contributed by atoms with Gasteiger partial charge in [0.25, 0.3) is 5.91 Å². The first-order chi connectivity index (χ1) is 12.0. The Morgan fingerprint density at radius 3 is 2.76 bits per heavy atom. The maximum atomic E-state index is 14.1. The largest absolute Gasteiger partial charge is 0.483 e. The van der Waals surface area contributed by atoms with Gasteiger partial charge in [-0.05, 0) is 31.2 Å². The first-order valence-corrected chi connectivity index (χ1v) is 8.11. The third-order valence-corrected chi connectivity index (χ3v) is 4.23. The zero-order valence-electron chi connectivity index (χ0n) is 13.1. The van der Waals surface area contributed by atoms with Crippen molar-refractivity contribution in [3.63, 3.8) is 0 Å². The summed E-state index contributed by atoms with van der Waals surface area (Å²) >= 11 is 1.34. The molecule has 1 amide bonds. The van der Waals surface area contributed by atoms with E-state index in [0.717, 1.165) is 29.1 Å². The molecule has 0 unspecified atom stereocenters. The quantitative estimate of drug-likeness (QED) is 0.755. The number of thiazole rings is 1. The van der Waals surface area contributed by atoms with Crippen LogP contribution in [0.4, 0.5) is 8.78 Å². The number of ether oxygens (including phenoxy) is 1. The topological polar surface area (TPSA) is 78.1 Å². The second kappa shape index (κ2) is 6.94. The Balaban J connectivity index is 1.76. The van der Waals surface area contributed by atoms with Crippen LogP contribution in [0.2, 0.25) is 0 Å². The van der Waals surface area contributed by atoms with E-state index in [4.69, 9.17) is 10.5 Å². The minimum atomic E-state index is -1.19. The van der Waals surface area contributed by atoms with Crippen molar-refractivity contribution in [1.29, 1.82) is 0 Å². The third kappa shape index (κ3) is 3.63. The zero-order valence-corrected chi connectivity index (χ0v) is 13.9. The number of amides is 1. The monoisotopic (exact) mass is 361 g/mol. The molecule has 0 saturated carbocycles. The maximum Gasteiger partial charge on any atom is 0.254 e. The van der Waals surface area contributed by atoms with Crippen molar-refractivity contribution >= 4 is 17.2 Å². The highest BCUT2D eigenvalue weighted by molar-refractivity contribution is 7.09. The van der Waals surface area contributed by atoms with Gasteiger partial charge in [0.15, 0.2) is 11.6 Å². The average molecular weight is 361 g/mol. The third-order valence-electron chi connectivity index (χ3n) is 3.41. The number of carbonyl (C=O) groups excluding carboxylic acids is 1. The lowest BCUT2D eigenvalue weighted by Gasteiger charge is -2.08. The van der Waals surface area contributed by atoms with E-state index in [1.54, 1.807) is 6.20 Å². The lowest BCUT2D eigenvalue weighted by Crippen LogP contribution is -2.16. The van der Waals surface area contributed by atoms with E-state index in [1.165, 1.54) is 11.3 Å². The number of rotatable bonds is 5. The van der Waals surface area contributed by atoms with Crippen molar-refractivity contribution < 1.29 is 18.3 Å². The minimum Gasteiger partial charge on any atom is -0.483 e. The van der Waals surface area contributed by atoms with Crippen LogP contribution in [0.25, 0.3) is 11.3 Å². The summed E-state index contributed by atoms with van der Waals surface area (Å²) in [7, 11) is 0. The highest BCUT2D eigenvalue weighted by Gasteiger charge is 2.19. The van der Waals surface area contributed by atoms with Gasteiger partial charge < -0.3 is 10.5 Å². The predicted molar refractivity (Wildman–Crippen MR) is 89.3 cm³/mol. The number of carbonyl (C=O) groups is 1. The van der Waals surface area contributed by atoms with Gasteiger partial charge in [-0.3, -0.25) is 9.78 Å². The molecule has 1 aromatic carbocycles. The lowest BCUT2D eigenvalue weighted by molar-refractivity contribution is 0.0991. The fourth-order valence-electron chi connectivity index (χ4n) is 2.14. The van der Waals surface area contributed by atoms with Crippen molar-refractivity contribution in [3.8, 4) is 17.0 Å². The van der Waals surface area contributed by atoms with Crippen molar-refractivity contribution in [2.45, 2.75) is 13.5 Å². The van der Waals surface area contributed by atoms with Gasteiger partial charge in [-0.25, -0.2) is 13.8 Å². The van der Waals surface area contributed by atoms with Crippen LogP contribution in [0.15, 0.2) is 35.8 Å². The van der Waals surface area contributed by atoms with E-state index in [1.807, 2.05) is 24.4 Å². The molecule has 5 nitrogen and oxygen atoms in total. The van der Waals surface area contributed by atoms with Crippen LogP contribution in [-0.2, 0) is 6.61 Å². The van der Waals surface area contributed by atoms with Crippen LogP contribution in [0, 0.1) is 18.6 Å². The van der Waals surface area contributed by atoms with Crippen LogP contribution in [0.3, 0.4) is 0 Å². The zero-order chi connectivity index (χ0) is 18.0. The molecule has 3 aromatic rings. The molecule has 0 radical (unpaired) electrons. The number of primary amides is 1. The highest BCUT2D eigenvalue weighted by atomic mass is 32.1. The molecule has 0 spiro atoms. The molecule has 0 aliphatic rings. The Hall–Kier alpha value is -2.87. The fourth-order valence-corrected chi connectivity index (χ4v) is 2.85. The first kappa shape index (κ1) is 17.0. The van der Waals surface area contributed by atoms with Gasteiger partial charge in [-0.1, -0.05) is 0 Å². The number of hydrogen-bond acceptors (Lipinski definition) is 5. The van der Waals surface area contributed by atoms with Crippen molar-refractivity contribution in [1.82, 2.24) is 9.97 Å². The summed E-state index contributed by atoms with van der Waals surface area (Å²) < 4.78 is 32.9. The molecule has 3 rings (SSSR count). The molecule has 2 aromatic heterocycles. The van der Waals surface area contributed by atoms with Crippen molar-refractivity contribution in [2.24, 2.45) is 5.73 Å². The van der Waals surface area contributed by atoms with E-state index in [0.29, 0.717) is 5.01 Å². The van der Waals surface area contributed by atoms with Crippen LogP contribution >= 0.6 is 11.3 Å². The molecular formula is C17H13F2N3O2S. The fraction of sp³-hybridized carbons (Fsp3) is 0.118. The summed E-state index contributed by atoms with van der Waals surface area (Å²) in [5.41, 5.74) is 6.65. The average Bonchev–Trinajstić information content (AvgIpc) is 3.03. The summed E-state index contributed by atoms with van der Waals surface area (Å²) in [6, 6.07) is 5.82. The summed E-state index contributed by atoms with van der Waals surface area (Å²) in [6.07, 6.45) is 1.72. The molecule has 8 heteroatoms. The molecular weight excluding hydrogens is 348 g/mol. The van der Waals surface area contributed by atoms with Crippen molar-refractivity contribution in [3.05, 3.63) is 63.7 Å². The number of aromatic nitrogens is 2. The molecule has 128 valence electrons. The Bertz CT molecular complexity index is 926. The molecule has 2 N–H and O–H groups in total. The number of nitrogens with two attached hydrogens (primary N) is 1. The maximum absolute atomic E-state index is 14.1. The summed E-state index contributed by atoms with van der Waals surface area (Å²) in [6.45, 7) is 1.87. The standard InChI is InChI=1S/C17H13F2N3O2S/c1-9-2-3-10(6-21-9)12-8-25-14(22-12)7-24-13-5-4-11(18)15(16(13)19)17(20)23/h2-6,8H,7H2,1H3,(H2,20,23). The van der Waals surface area contributed by atoms with Crippen LogP contribution in [0.1, 0.15) is 21.1 Å². The van der Waals surface area contributed by atoms with E-state index < -0.39 is 23.1 Å². The molecule has 0 fully saturated rings. The van der Waals surface area contributed by atoms with Crippen molar-refractivity contribution in [2.75, 3.05) is 0 Å². The Morgan fingerprint density at radius 1 is 1.28 bits per heavy atom. The molecule has 0 bridgehead atoms. The highest BCUT2D eigenvalue weighted by Crippen LogP contribution is 2.26. The smallest absolute Gasteiger partial charge is 0.254 e. The van der Waals surface area contributed by atoms with E-state index >= 15 is 0 Å². The second-order valence-electron chi connectivity index (χ2n) is 5.20. The summed E-state index contributed by atoms with van der Waals surface area (Å²) in [5.74, 6) is -3.60. The first-order valence-electron chi connectivity index (χ1n) is 7.23. The van der Waals surface area contributed by atoms with Gasteiger partial charge in [0.1, 0.15) is 23.0 Å². The van der Waals surface area contributed by atoms with E-state index in [2.05, 4.69) is 9.97 Å². The van der Waals surface area contributed by atoms with Gasteiger partial charge >= 0.3 is 0 Å². The molecule has 25 heavy (non-hydrogen) atoms. The normalized spacial score (nSPS) is 10.7. The van der Waals surface area contributed by atoms with Crippen LogP contribution < -0.4 is 10.5 Å². The number of halogens is 2. The SMILES string of the molecule is Cc1ccc(-c2csc(COc3ccc(F)c(C(N)=O)c3F)n2)cn1. The van der Waals surface area contributed by atoms with E-state index in [-0.39, 0.29) is 12.4 Å². The van der Waals surface area contributed by atoms with Gasteiger partial charge in [-0.2, -0.15) is 0 Å². The molecule has 0 atom stereocenters. The number of pyridine rings is 1. The number of benzene rings is 1. The summed E-state index contributed by atoms with van der Waals surface area (Å²) in [4.78, 5) is 19.7.